The molecule has 1 N–H and O–H groups in total. The number of hydrogen-bond donors (Lipinski definition) is 1. The largest absolute Gasteiger partial charge is 0.441 e. The molecule has 1 rings (SSSR count). The van der Waals surface area contributed by atoms with Gasteiger partial charge in [0.25, 0.3) is 0 Å². The lowest BCUT2D eigenvalue weighted by molar-refractivity contribution is -0.396. The van der Waals surface area contributed by atoms with Crippen LogP contribution < -0.4 is 5.32 Å². The predicted molar refractivity (Wildman–Crippen MR) is 67.6 cm³/mol. The van der Waals surface area contributed by atoms with Gasteiger partial charge >= 0.3 is 12.0 Å². The van der Waals surface area contributed by atoms with Crippen LogP contribution in [0.3, 0.4) is 0 Å². The van der Waals surface area contributed by atoms with Crippen molar-refractivity contribution in [1.82, 2.24) is 14.9 Å². The minimum atomic E-state index is -0.589. The van der Waals surface area contributed by atoms with E-state index in [1.807, 2.05) is 0 Å². The van der Waals surface area contributed by atoms with E-state index in [2.05, 4.69) is 17.2 Å². The second-order valence-corrected chi connectivity index (χ2v) is 4.08. The molecule has 0 aliphatic heterocycles. The maximum atomic E-state index is 11.3. The summed E-state index contributed by atoms with van der Waals surface area (Å²) in [5.74, 6) is -0.276. The summed E-state index contributed by atoms with van der Waals surface area (Å²) < 4.78 is 6.23. The molecule has 0 spiro atoms. The van der Waals surface area contributed by atoms with Crippen LogP contribution in [0.1, 0.15) is 31.9 Å². The summed E-state index contributed by atoms with van der Waals surface area (Å²) in [6, 6.07) is 0. The Bertz CT molecular complexity index is 444. The molecule has 8 nitrogen and oxygen atoms in total. The number of nitro groups is 1. The Kier molecular flexibility index (Phi) is 5.77. The minimum absolute atomic E-state index is 0.0447. The fraction of sp³-hybridized carbons (Fsp3) is 0.636. The van der Waals surface area contributed by atoms with Crippen LogP contribution in [0.15, 0.2) is 6.20 Å². The van der Waals surface area contributed by atoms with Crippen LogP contribution in [-0.2, 0) is 18.4 Å². The van der Waals surface area contributed by atoms with Gasteiger partial charge in [0, 0.05) is 6.54 Å². The number of unbranched alkanes of at least 4 members (excludes halogenated alkanes) is 2. The second kappa shape index (κ2) is 7.34. The normalized spacial score (nSPS) is 10.2. The lowest BCUT2D eigenvalue weighted by Crippen LogP contribution is -2.25. The number of carbonyl (C=O) groups excluding carboxylic acids is 1. The van der Waals surface area contributed by atoms with E-state index in [0.29, 0.717) is 12.2 Å². The van der Waals surface area contributed by atoms with Crippen molar-refractivity contribution < 1.29 is 14.5 Å². The van der Waals surface area contributed by atoms with Crippen LogP contribution in [0.5, 0.6) is 0 Å². The van der Waals surface area contributed by atoms with Gasteiger partial charge in [0.15, 0.2) is 12.3 Å². The van der Waals surface area contributed by atoms with Gasteiger partial charge in [-0.25, -0.2) is 9.36 Å². The van der Waals surface area contributed by atoms with E-state index in [1.54, 1.807) is 0 Å². The van der Waals surface area contributed by atoms with E-state index in [4.69, 9.17) is 4.74 Å². The monoisotopic (exact) mass is 270 g/mol. The number of carbonyl (C=O) groups is 1. The molecule has 0 fully saturated rings. The summed E-state index contributed by atoms with van der Waals surface area (Å²) in [6.07, 6.45) is 3.83. The number of alkyl carbamates (subject to hydrolysis) is 1. The zero-order chi connectivity index (χ0) is 14.3. The number of nitrogens with one attached hydrogen (secondary N) is 1. The van der Waals surface area contributed by atoms with Crippen molar-refractivity contribution in [1.29, 1.82) is 0 Å². The highest BCUT2D eigenvalue weighted by Crippen LogP contribution is 2.11. The average Bonchev–Trinajstić information content (AvgIpc) is 2.74. The van der Waals surface area contributed by atoms with Crippen molar-refractivity contribution in [3.05, 3.63) is 22.0 Å². The molecule has 106 valence electrons. The first-order chi connectivity index (χ1) is 9.06. The highest BCUT2D eigenvalue weighted by Gasteiger charge is 2.18. The van der Waals surface area contributed by atoms with Gasteiger partial charge in [-0.05, 0) is 11.3 Å². The van der Waals surface area contributed by atoms with Crippen LogP contribution in [0.2, 0.25) is 0 Å². The van der Waals surface area contributed by atoms with Crippen molar-refractivity contribution in [2.24, 2.45) is 7.05 Å². The summed E-state index contributed by atoms with van der Waals surface area (Å²) in [4.78, 5) is 25.0. The molecule has 1 aromatic rings. The van der Waals surface area contributed by atoms with Gasteiger partial charge in [-0.15, -0.1) is 0 Å². The quantitative estimate of drug-likeness (QED) is 0.462. The van der Waals surface area contributed by atoms with Crippen LogP contribution >= 0.6 is 0 Å². The molecule has 0 aromatic carbocycles. The molecule has 0 saturated carbocycles. The molecule has 0 aliphatic rings. The maximum Gasteiger partial charge on any atom is 0.434 e. The Morgan fingerprint density at radius 2 is 2.32 bits per heavy atom. The average molecular weight is 270 g/mol. The molecule has 0 aliphatic carbocycles. The minimum Gasteiger partial charge on any atom is -0.441 e. The summed E-state index contributed by atoms with van der Waals surface area (Å²) in [5, 5.41) is 13.2. The van der Waals surface area contributed by atoms with Crippen LogP contribution in [-0.4, -0.2) is 27.1 Å². The molecule has 0 bridgehead atoms. The van der Waals surface area contributed by atoms with E-state index in [9.17, 15) is 14.9 Å². The molecule has 1 aromatic heterocycles. The Labute approximate surface area is 110 Å². The number of rotatable bonds is 7. The zero-order valence-corrected chi connectivity index (χ0v) is 11.1. The van der Waals surface area contributed by atoms with Gasteiger partial charge in [-0.2, -0.15) is 0 Å². The number of amides is 1. The maximum absolute atomic E-state index is 11.3. The molecule has 0 radical (unpaired) electrons. The number of imidazole rings is 1. The van der Waals surface area contributed by atoms with Crippen molar-refractivity contribution in [2.75, 3.05) is 6.54 Å². The molecule has 19 heavy (non-hydrogen) atoms. The van der Waals surface area contributed by atoms with E-state index < -0.39 is 11.0 Å². The molecule has 0 saturated heterocycles. The standard InChI is InChI=1S/C11H18N4O4/c1-3-4-5-6-12-11(16)19-8-9-7-13-10(14(9)2)15(17)18/h7H,3-6,8H2,1-2H3,(H,12,16). The van der Waals surface area contributed by atoms with Crippen LogP contribution in [0.25, 0.3) is 0 Å². The summed E-state index contributed by atoms with van der Waals surface area (Å²) in [6.45, 7) is 2.60. The molecule has 0 unspecified atom stereocenters. The van der Waals surface area contributed by atoms with Gasteiger partial charge < -0.3 is 20.2 Å². The van der Waals surface area contributed by atoms with Crippen molar-refractivity contribution in [2.45, 2.75) is 32.8 Å². The van der Waals surface area contributed by atoms with E-state index in [1.165, 1.54) is 17.8 Å². The number of ether oxygens (including phenoxy) is 1. The number of aromatic nitrogens is 2. The van der Waals surface area contributed by atoms with Gasteiger partial charge in [-0.3, -0.25) is 0 Å². The highest BCUT2D eigenvalue weighted by molar-refractivity contribution is 5.67. The first kappa shape index (κ1) is 14.9. The third-order valence-corrected chi connectivity index (χ3v) is 2.62. The molecule has 1 heterocycles. The fourth-order valence-corrected chi connectivity index (χ4v) is 1.49. The Morgan fingerprint density at radius 1 is 1.58 bits per heavy atom. The summed E-state index contributed by atoms with van der Waals surface area (Å²) in [5.41, 5.74) is 0.468. The molecule has 1 amide bonds. The number of nitrogens with zero attached hydrogens (tertiary/aromatic N) is 3. The third-order valence-electron chi connectivity index (χ3n) is 2.62. The Hall–Kier alpha value is -2.12. The van der Waals surface area contributed by atoms with Gasteiger partial charge in [-0.1, -0.05) is 24.7 Å². The van der Waals surface area contributed by atoms with Gasteiger partial charge in [0.05, 0.1) is 7.05 Å². The van der Waals surface area contributed by atoms with E-state index in [-0.39, 0.29) is 12.6 Å². The van der Waals surface area contributed by atoms with Crippen LogP contribution in [0, 0.1) is 10.1 Å². The van der Waals surface area contributed by atoms with Crippen LogP contribution in [0.4, 0.5) is 10.7 Å². The van der Waals surface area contributed by atoms with E-state index in [0.717, 1.165) is 19.3 Å². The van der Waals surface area contributed by atoms with Crippen molar-refractivity contribution in [3.8, 4) is 0 Å². The summed E-state index contributed by atoms with van der Waals surface area (Å²) in [7, 11) is 1.50. The van der Waals surface area contributed by atoms with Crippen molar-refractivity contribution in [3.63, 3.8) is 0 Å². The topological polar surface area (TPSA) is 99.3 Å². The molecular weight excluding hydrogens is 252 g/mol. The van der Waals surface area contributed by atoms with Gasteiger partial charge in [0.2, 0.25) is 0 Å². The fourth-order valence-electron chi connectivity index (χ4n) is 1.49. The van der Waals surface area contributed by atoms with E-state index >= 15 is 0 Å². The SMILES string of the molecule is CCCCCNC(=O)OCc1cnc([N+](=O)[O-])n1C. The highest BCUT2D eigenvalue weighted by atomic mass is 16.6. The number of hydrogen-bond acceptors (Lipinski definition) is 5. The Morgan fingerprint density at radius 3 is 2.89 bits per heavy atom. The lowest BCUT2D eigenvalue weighted by Gasteiger charge is -2.05. The second-order valence-electron chi connectivity index (χ2n) is 4.08. The molecule has 0 atom stereocenters. The summed E-state index contributed by atoms with van der Waals surface area (Å²) >= 11 is 0. The predicted octanol–water partition coefficient (Wildman–Crippen LogP) is 1.74. The lowest BCUT2D eigenvalue weighted by atomic mass is 10.2. The third kappa shape index (κ3) is 4.57. The smallest absolute Gasteiger partial charge is 0.434 e. The Balaban J connectivity index is 2.36. The first-order valence-electron chi connectivity index (χ1n) is 6.11. The molecule has 8 heteroatoms. The van der Waals surface area contributed by atoms with Gasteiger partial charge in [0.1, 0.15) is 6.20 Å². The molecular formula is C11H18N4O4. The zero-order valence-electron chi connectivity index (χ0n) is 11.1. The first-order valence-corrected chi connectivity index (χ1v) is 6.11. The van der Waals surface area contributed by atoms with Crippen molar-refractivity contribution >= 4 is 12.0 Å².